The van der Waals surface area contributed by atoms with Crippen molar-refractivity contribution in [2.75, 3.05) is 5.32 Å². The second-order valence-corrected chi connectivity index (χ2v) is 7.22. The lowest BCUT2D eigenvalue weighted by Crippen LogP contribution is -2.24. The first-order valence-corrected chi connectivity index (χ1v) is 9.96. The van der Waals surface area contributed by atoms with Gasteiger partial charge in [-0.15, -0.1) is 0 Å². The Morgan fingerprint density at radius 1 is 0.903 bits per heavy atom. The van der Waals surface area contributed by atoms with Crippen LogP contribution >= 0.6 is 15.9 Å². The number of rotatable bonds is 7. The minimum atomic E-state index is -0.588. The fourth-order valence-electron chi connectivity index (χ4n) is 2.42. The van der Waals surface area contributed by atoms with E-state index in [4.69, 9.17) is 0 Å². The Labute approximate surface area is 186 Å². The van der Waals surface area contributed by atoms with Crippen LogP contribution < -0.4 is 10.7 Å². The molecular formula is C22H18BrN5O3. The monoisotopic (exact) mass is 479 g/mol. The van der Waals surface area contributed by atoms with Gasteiger partial charge >= 0.3 is 0 Å². The van der Waals surface area contributed by atoms with E-state index in [1.54, 1.807) is 48.5 Å². The molecule has 8 nitrogen and oxygen atoms in total. The normalized spacial score (nSPS) is 11.0. The van der Waals surface area contributed by atoms with E-state index in [1.807, 2.05) is 18.2 Å². The lowest BCUT2D eigenvalue weighted by atomic mass is 10.2. The average molecular weight is 480 g/mol. The zero-order valence-corrected chi connectivity index (χ0v) is 17.8. The highest BCUT2D eigenvalue weighted by atomic mass is 79.9. The van der Waals surface area contributed by atoms with Crippen LogP contribution in [0.2, 0.25) is 0 Å². The SMILES string of the molecule is O=C(CC(=O)Nc1ccccc1)N/N=C/c1cc(N=Nc2ccc(Br)cc2)ccc1O. The Morgan fingerprint density at radius 2 is 1.58 bits per heavy atom. The molecule has 0 fully saturated rings. The number of amides is 2. The largest absolute Gasteiger partial charge is 0.507 e. The van der Waals surface area contributed by atoms with Crippen molar-refractivity contribution < 1.29 is 14.7 Å². The van der Waals surface area contributed by atoms with Gasteiger partial charge < -0.3 is 10.4 Å². The van der Waals surface area contributed by atoms with E-state index in [0.717, 1.165) is 4.47 Å². The van der Waals surface area contributed by atoms with Crippen LogP contribution in [0.15, 0.2) is 92.6 Å². The van der Waals surface area contributed by atoms with Crippen LogP contribution in [0.3, 0.4) is 0 Å². The van der Waals surface area contributed by atoms with Gasteiger partial charge in [-0.2, -0.15) is 15.3 Å². The number of hydrogen-bond acceptors (Lipinski definition) is 6. The number of azo groups is 1. The van der Waals surface area contributed by atoms with Crippen LogP contribution in [0.5, 0.6) is 5.75 Å². The van der Waals surface area contributed by atoms with Crippen molar-refractivity contribution in [2.24, 2.45) is 15.3 Å². The summed E-state index contributed by atoms with van der Waals surface area (Å²) in [6.07, 6.45) is 0.876. The molecular weight excluding hydrogens is 462 g/mol. The average Bonchev–Trinajstić information content (AvgIpc) is 2.75. The summed E-state index contributed by atoms with van der Waals surface area (Å²) >= 11 is 3.35. The number of hydrazone groups is 1. The van der Waals surface area contributed by atoms with Crippen LogP contribution in [-0.4, -0.2) is 23.1 Å². The number of phenols is 1. The van der Waals surface area contributed by atoms with Gasteiger partial charge in [0.05, 0.1) is 17.6 Å². The van der Waals surface area contributed by atoms with Gasteiger partial charge in [0, 0.05) is 15.7 Å². The number of anilines is 1. The molecule has 0 aliphatic carbocycles. The highest BCUT2D eigenvalue weighted by Crippen LogP contribution is 2.24. The van der Waals surface area contributed by atoms with E-state index in [2.05, 4.69) is 42.0 Å². The van der Waals surface area contributed by atoms with Crippen molar-refractivity contribution in [1.29, 1.82) is 0 Å². The Hall–Kier alpha value is -3.85. The molecule has 2 amide bonds. The first kappa shape index (κ1) is 21.8. The predicted octanol–water partition coefficient (Wildman–Crippen LogP) is 5.05. The van der Waals surface area contributed by atoms with Crippen LogP contribution in [0.1, 0.15) is 12.0 Å². The van der Waals surface area contributed by atoms with Crippen molar-refractivity contribution in [3.05, 3.63) is 82.8 Å². The van der Waals surface area contributed by atoms with Gasteiger partial charge in [-0.05, 0) is 54.6 Å². The van der Waals surface area contributed by atoms with E-state index in [1.165, 1.54) is 12.3 Å². The van der Waals surface area contributed by atoms with Crippen molar-refractivity contribution in [2.45, 2.75) is 6.42 Å². The van der Waals surface area contributed by atoms with Gasteiger partial charge in [-0.25, -0.2) is 5.43 Å². The van der Waals surface area contributed by atoms with Gasteiger partial charge in [0.2, 0.25) is 11.8 Å². The highest BCUT2D eigenvalue weighted by molar-refractivity contribution is 9.10. The summed E-state index contributed by atoms with van der Waals surface area (Å²) in [5.41, 5.74) is 4.36. The number of nitrogens with one attached hydrogen (secondary N) is 2. The number of carbonyl (C=O) groups is 2. The number of para-hydroxylation sites is 1. The van der Waals surface area contributed by atoms with E-state index in [0.29, 0.717) is 22.6 Å². The molecule has 0 saturated heterocycles. The summed E-state index contributed by atoms with van der Waals surface area (Å²) in [7, 11) is 0. The summed E-state index contributed by atoms with van der Waals surface area (Å²) in [5, 5.41) is 24.6. The predicted molar refractivity (Wildman–Crippen MR) is 122 cm³/mol. The standard InChI is InChI=1S/C22H18BrN5O3/c23-16-6-8-18(9-7-16)26-27-19-10-11-20(29)15(12-19)14-24-28-22(31)13-21(30)25-17-4-2-1-3-5-17/h1-12,14,29H,13H2,(H,25,30)(H,28,31)/b24-14+,27-26?. The summed E-state index contributed by atoms with van der Waals surface area (Å²) in [6.45, 7) is 0. The Balaban J connectivity index is 1.56. The molecule has 0 bridgehead atoms. The smallest absolute Gasteiger partial charge is 0.249 e. The molecule has 0 aliphatic rings. The zero-order valence-electron chi connectivity index (χ0n) is 16.2. The molecule has 0 atom stereocenters. The number of nitrogens with zero attached hydrogens (tertiary/aromatic N) is 3. The maximum atomic E-state index is 11.9. The second kappa shape index (κ2) is 10.8. The van der Waals surface area contributed by atoms with Crippen LogP contribution in [0.25, 0.3) is 0 Å². The third kappa shape index (κ3) is 7.16. The molecule has 9 heteroatoms. The van der Waals surface area contributed by atoms with Crippen molar-refractivity contribution in [3.8, 4) is 5.75 Å². The van der Waals surface area contributed by atoms with Gasteiger partial charge in [0.1, 0.15) is 12.2 Å². The third-order valence-corrected chi connectivity index (χ3v) is 4.42. The molecule has 3 aromatic carbocycles. The van der Waals surface area contributed by atoms with Crippen molar-refractivity contribution in [1.82, 2.24) is 5.43 Å². The van der Waals surface area contributed by atoms with Gasteiger partial charge in [0.25, 0.3) is 0 Å². The lowest BCUT2D eigenvalue weighted by Gasteiger charge is -2.04. The molecule has 0 saturated carbocycles. The summed E-state index contributed by atoms with van der Waals surface area (Å²) in [4.78, 5) is 23.8. The Bertz CT molecular complexity index is 1120. The topological polar surface area (TPSA) is 116 Å². The molecule has 3 N–H and O–H groups in total. The molecule has 3 aromatic rings. The molecule has 0 heterocycles. The molecule has 0 spiro atoms. The van der Waals surface area contributed by atoms with Crippen molar-refractivity contribution in [3.63, 3.8) is 0 Å². The lowest BCUT2D eigenvalue weighted by molar-refractivity contribution is -0.126. The zero-order chi connectivity index (χ0) is 22.1. The second-order valence-electron chi connectivity index (χ2n) is 6.30. The summed E-state index contributed by atoms with van der Waals surface area (Å²) in [5.74, 6) is -1.09. The van der Waals surface area contributed by atoms with E-state index in [9.17, 15) is 14.7 Å². The maximum absolute atomic E-state index is 11.9. The van der Waals surface area contributed by atoms with Gasteiger partial charge in [-0.3, -0.25) is 9.59 Å². The number of aromatic hydroxyl groups is 1. The molecule has 3 rings (SSSR count). The maximum Gasteiger partial charge on any atom is 0.249 e. The van der Waals surface area contributed by atoms with Crippen LogP contribution in [-0.2, 0) is 9.59 Å². The Morgan fingerprint density at radius 3 is 2.32 bits per heavy atom. The van der Waals surface area contributed by atoms with Gasteiger partial charge in [0.15, 0.2) is 0 Å². The molecule has 156 valence electrons. The van der Waals surface area contributed by atoms with Crippen LogP contribution in [0, 0.1) is 0 Å². The van der Waals surface area contributed by atoms with E-state index in [-0.39, 0.29) is 12.2 Å². The fourth-order valence-corrected chi connectivity index (χ4v) is 2.68. The number of hydrogen-bond donors (Lipinski definition) is 3. The number of carbonyl (C=O) groups excluding carboxylic acids is 2. The molecule has 31 heavy (non-hydrogen) atoms. The number of phenolic OH excluding ortho intramolecular Hbond substituents is 1. The molecule has 0 aliphatic heterocycles. The third-order valence-electron chi connectivity index (χ3n) is 3.89. The number of benzene rings is 3. The minimum Gasteiger partial charge on any atom is -0.507 e. The van der Waals surface area contributed by atoms with E-state index >= 15 is 0 Å². The number of halogens is 1. The first-order chi connectivity index (χ1) is 15.0. The fraction of sp³-hybridized carbons (Fsp3) is 0.0455. The molecule has 0 unspecified atom stereocenters. The Kier molecular flexibility index (Phi) is 7.61. The van der Waals surface area contributed by atoms with Gasteiger partial charge in [-0.1, -0.05) is 34.1 Å². The van der Waals surface area contributed by atoms with E-state index < -0.39 is 11.8 Å². The highest BCUT2D eigenvalue weighted by Gasteiger charge is 2.09. The van der Waals surface area contributed by atoms with Crippen molar-refractivity contribution >= 4 is 51.0 Å². The molecule has 0 aromatic heterocycles. The first-order valence-electron chi connectivity index (χ1n) is 9.17. The quantitative estimate of drug-likeness (QED) is 0.190. The summed E-state index contributed by atoms with van der Waals surface area (Å²) < 4.78 is 0.939. The summed E-state index contributed by atoms with van der Waals surface area (Å²) in [6, 6.07) is 20.7. The molecule has 0 radical (unpaired) electrons. The van der Waals surface area contributed by atoms with Crippen LogP contribution in [0.4, 0.5) is 17.1 Å². The minimum absolute atomic E-state index is 0.0394.